The van der Waals surface area contributed by atoms with E-state index in [1.807, 2.05) is 0 Å². The van der Waals surface area contributed by atoms with Crippen LogP contribution in [0.2, 0.25) is 0 Å². The van der Waals surface area contributed by atoms with E-state index in [2.05, 4.69) is 15.4 Å². The summed E-state index contributed by atoms with van der Waals surface area (Å²) >= 11 is 0. The zero-order valence-corrected chi connectivity index (χ0v) is 19.5. The molecule has 0 saturated carbocycles. The van der Waals surface area contributed by atoms with Gasteiger partial charge in [-0.25, -0.2) is 18.0 Å². The zero-order valence-electron chi connectivity index (χ0n) is 18.7. The lowest BCUT2D eigenvalue weighted by molar-refractivity contribution is -0.117. The van der Waals surface area contributed by atoms with Gasteiger partial charge in [0.1, 0.15) is 11.6 Å². The molecule has 4 N–H and O–H groups in total. The SMILES string of the molecule is CC(C)(C)OC(=O)Nc1ccc(S(=O)(=O)N[C@@H](CC#N)C(=O)Nc2ccc(C(=O)O)cc2)cc1. The monoisotopic (exact) mass is 488 g/mol. The van der Waals surface area contributed by atoms with Gasteiger partial charge in [-0.2, -0.15) is 9.98 Å². The number of carboxylic acids is 1. The molecule has 0 fully saturated rings. The molecule has 0 bridgehead atoms. The number of aromatic carboxylic acids is 1. The van der Waals surface area contributed by atoms with Gasteiger partial charge in [0.2, 0.25) is 15.9 Å². The second kappa shape index (κ2) is 10.8. The molecule has 0 aliphatic heterocycles. The number of carbonyl (C=O) groups is 3. The van der Waals surface area contributed by atoms with Crippen molar-refractivity contribution in [2.75, 3.05) is 10.6 Å². The molecule has 12 heteroatoms. The fraction of sp³-hybridized carbons (Fsp3) is 0.273. The number of hydrogen-bond donors (Lipinski definition) is 4. The Morgan fingerprint density at radius 3 is 2.03 bits per heavy atom. The predicted molar refractivity (Wildman–Crippen MR) is 123 cm³/mol. The van der Waals surface area contributed by atoms with Crippen molar-refractivity contribution in [2.45, 2.75) is 43.7 Å². The van der Waals surface area contributed by atoms with E-state index in [9.17, 15) is 22.8 Å². The number of carbonyl (C=O) groups excluding carboxylic acids is 2. The summed E-state index contributed by atoms with van der Waals surface area (Å²) in [6.07, 6.45) is -1.15. The third kappa shape index (κ3) is 7.88. The number of anilines is 2. The predicted octanol–water partition coefficient (Wildman–Crippen LogP) is 2.93. The van der Waals surface area contributed by atoms with E-state index >= 15 is 0 Å². The van der Waals surface area contributed by atoms with Gasteiger partial charge in [0.05, 0.1) is 22.9 Å². The highest BCUT2D eigenvalue weighted by molar-refractivity contribution is 7.89. The lowest BCUT2D eigenvalue weighted by Gasteiger charge is -2.19. The molecular weight excluding hydrogens is 464 g/mol. The number of sulfonamides is 1. The molecular formula is C22H24N4O7S. The van der Waals surface area contributed by atoms with Gasteiger partial charge in [-0.3, -0.25) is 10.1 Å². The van der Waals surface area contributed by atoms with Crippen LogP contribution in [0.3, 0.4) is 0 Å². The first-order valence-electron chi connectivity index (χ1n) is 9.94. The summed E-state index contributed by atoms with van der Waals surface area (Å²) in [5.41, 5.74) is -0.165. The van der Waals surface area contributed by atoms with E-state index < -0.39 is 46.1 Å². The van der Waals surface area contributed by atoms with Crippen LogP contribution in [0.1, 0.15) is 37.6 Å². The molecule has 0 aliphatic carbocycles. The summed E-state index contributed by atoms with van der Waals surface area (Å²) in [7, 11) is -4.19. The zero-order chi connectivity index (χ0) is 25.5. The van der Waals surface area contributed by atoms with E-state index in [-0.39, 0.29) is 16.1 Å². The molecule has 2 rings (SSSR count). The second-order valence-corrected chi connectivity index (χ2v) is 9.77. The maximum absolute atomic E-state index is 12.7. The van der Waals surface area contributed by atoms with Crippen LogP contribution in [0.4, 0.5) is 16.2 Å². The second-order valence-electron chi connectivity index (χ2n) is 8.06. The first kappa shape index (κ1) is 26.3. The third-order valence-electron chi connectivity index (χ3n) is 4.12. The summed E-state index contributed by atoms with van der Waals surface area (Å²) < 4.78 is 32.8. The van der Waals surface area contributed by atoms with Crippen molar-refractivity contribution in [2.24, 2.45) is 0 Å². The molecule has 0 saturated heterocycles. The van der Waals surface area contributed by atoms with Crippen LogP contribution in [0.5, 0.6) is 0 Å². The number of amides is 2. The Kier molecular flexibility index (Phi) is 8.34. The molecule has 0 unspecified atom stereocenters. The Hall–Kier alpha value is -3.95. The summed E-state index contributed by atoms with van der Waals surface area (Å²) in [4.78, 5) is 35.1. The van der Waals surface area contributed by atoms with Crippen molar-refractivity contribution in [3.05, 3.63) is 54.1 Å². The smallest absolute Gasteiger partial charge is 0.412 e. The minimum atomic E-state index is -4.19. The highest BCUT2D eigenvalue weighted by Crippen LogP contribution is 2.17. The van der Waals surface area contributed by atoms with Crippen LogP contribution in [0, 0.1) is 11.3 Å². The molecule has 180 valence electrons. The maximum Gasteiger partial charge on any atom is 0.412 e. The molecule has 11 nitrogen and oxygen atoms in total. The fourth-order valence-electron chi connectivity index (χ4n) is 2.60. The minimum Gasteiger partial charge on any atom is -0.478 e. The van der Waals surface area contributed by atoms with Crippen LogP contribution in [0.25, 0.3) is 0 Å². The van der Waals surface area contributed by atoms with Crippen molar-refractivity contribution < 1.29 is 32.6 Å². The number of nitrogens with zero attached hydrogens (tertiary/aromatic N) is 1. The maximum atomic E-state index is 12.7. The van der Waals surface area contributed by atoms with Gasteiger partial charge in [0.25, 0.3) is 0 Å². The number of ether oxygens (including phenoxy) is 1. The first-order chi connectivity index (χ1) is 15.8. The molecule has 0 spiro atoms. The molecule has 0 heterocycles. The summed E-state index contributed by atoms with van der Waals surface area (Å²) in [6, 6.07) is 10.7. The Morgan fingerprint density at radius 1 is 1.00 bits per heavy atom. The van der Waals surface area contributed by atoms with Crippen molar-refractivity contribution in [1.82, 2.24) is 4.72 Å². The number of rotatable bonds is 8. The summed E-state index contributed by atoms with van der Waals surface area (Å²) in [5.74, 6) is -1.93. The van der Waals surface area contributed by atoms with Gasteiger partial charge in [0.15, 0.2) is 0 Å². The highest BCUT2D eigenvalue weighted by atomic mass is 32.2. The van der Waals surface area contributed by atoms with Gasteiger partial charge in [0, 0.05) is 11.4 Å². The van der Waals surface area contributed by atoms with Crippen LogP contribution in [-0.2, 0) is 19.6 Å². The average molecular weight is 489 g/mol. The van der Waals surface area contributed by atoms with Gasteiger partial charge >= 0.3 is 12.1 Å². The summed E-state index contributed by atoms with van der Waals surface area (Å²) in [6.45, 7) is 5.10. The van der Waals surface area contributed by atoms with Crippen LogP contribution >= 0.6 is 0 Å². The van der Waals surface area contributed by atoms with E-state index in [4.69, 9.17) is 15.1 Å². The molecule has 34 heavy (non-hydrogen) atoms. The minimum absolute atomic E-state index is 0.0110. The van der Waals surface area contributed by atoms with Crippen molar-refractivity contribution in [3.8, 4) is 6.07 Å². The van der Waals surface area contributed by atoms with Crippen LogP contribution < -0.4 is 15.4 Å². The number of benzene rings is 2. The Labute approximate surface area is 196 Å². The average Bonchev–Trinajstić information content (AvgIpc) is 2.72. The Bertz CT molecular complexity index is 1200. The van der Waals surface area contributed by atoms with Crippen molar-refractivity contribution >= 4 is 39.4 Å². The molecule has 0 aromatic heterocycles. The normalized spacial score (nSPS) is 12.2. The van der Waals surface area contributed by atoms with E-state index in [1.165, 1.54) is 48.5 Å². The lowest BCUT2D eigenvalue weighted by atomic mass is 10.2. The Balaban J connectivity index is 2.10. The number of nitrogens with one attached hydrogen (secondary N) is 3. The van der Waals surface area contributed by atoms with Gasteiger partial charge < -0.3 is 15.2 Å². The van der Waals surface area contributed by atoms with Gasteiger partial charge in [-0.15, -0.1) is 0 Å². The van der Waals surface area contributed by atoms with Crippen LogP contribution in [-0.4, -0.2) is 43.1 Å². The van der Waals surface area contributed by atoms with Crippen molar-refractivity contribution in [3.63, 3.8) is 0 Å². The van der Waals surface area contributed by atoms with E-state index in [1.54, 1.807) is 26.8 Å². The van der Waals surface area contributed by atoms with E-state index in [0.717, 1.165) is 0 Å². The molecule has 0 radical (unpaired) electrons. The van der Waals surface area contributed by atoms with Gasteiger partial charge in [-0.05, 0) is 69.3 Å². The lowest BCUT2D eigenvalue weighted by Crippen LogP contribution is -2.43. The van der Waals surface area contributed by atoms with Gasteiger partial charge in [-0.1, -0.05) is 0 Å². The third-order valence-corrected chi connectivity index (χ3v) is 5.61. The summed E-state index contributed by atoms with van der Waals surface area (Å²) in [5, 5.41) is 22.9. The number of hydrogen-bond acceptors (Lipinski definition) is 7. The topological polar surface area (TPSA) is 175 Å². The Morgan fingerprint density at radius 2 is 1.53 bits per heavy atom. The van der Waals surface area contributed by atoms with E-state index in [0.29, 0.717) is 5.69 Å². The highest BCUT2D eigenvalue weighted by Gasteiger charge is 2.26. The number of nitriles is 1. The van der Waals surface area contributed by atoms with Crippen LogP contribution in [0.15, 0.2) is 53.4 Å². The van der Waals surface area contributed by atoms with Crippen molar-refractivity contribution in [1.29, 1.82) is 5.26 Å². The standard InChI is InChI=1S/C22H24N4O7S/c1-22(2,3)33-21(30)25-16-8-10-17(11-9-16)34(31,32)26-18(12-13-23)19(27)24-15-6-4-14(5-7-15)20(28)29/h4-11,18,26H,12H2,1-3H3,(H,24,27)(H,25,30)(H,28,29)/t18-/m0/s1. The largest absolute Gasteiger partial charge is 0.478 e. The molecule has 2 aromatic rings. The quantitative estimate of drug-likeness (QED) is 0.438. The molecule has 0 aliphatic rings. The molecule has 2 aromatic carbocycles. The molecule has 1 atom stereocenters. The number of carboxylic acid groups (broad SMARTS) is 1. The first-order valence-corrected chi connectivity index (χ1v) is 11.4. The molecule has 2 amide bonds. The fourth-order valence-corrected chi connectivity index (χ4v) is 3.79.